The van der Waals surface area contributed by atoms with Gasteiger partial charge < -0.3 is 20.9 Å². The number of nitrogens with one attached hydrogen (secondary N) is 3. The third kappa shape index (κ3) is 8.04. The van der Waals surface area contributed by atoms with Gasteiger partial charge in [-0.15, -0.1) is 24.0 Å². The van der Waals surface area contributed by atoms with Crippen LogP contribution in [-0.2, 0) is 11.2 Å². The molecule has 2 amide bonds. The molecule has 0 saturated carbocycles. The summed E-state index contributed by atoms with van der Waals surface area (Å²) in [5, 5.41) is 9.06. The van der Waals surface area contributed by atoms with Crippen LogP contribution in [-0.4, -0.2) is 62.4 Å². The van der Waals surface area contributed by atoms with E-state index in [1.165, 1.54) is 6.42 Å². The summed E-state index contributed by atoms with van der Waals surface area (Å²) in [5.41, 5.74) is 1.73. The Balaban J connectivity index is 0.00000392. The molecule has 1 aliphatic heterocycles. The number of piperidine rings is 1. The molecule has 0 radical (unpaired) electrons. The second kappa shape index (κ2) is 13.4. The third-order valence-electron chi connectivity index (χ3n) is 4.55. The lowest BCUT2D eigenvalue weighted by atomic mass is 10.1. The summed E-state index contributed by atoms with van der Waals surface area (Å²) >= 11 is 0. The van der Waals surface area contributed by atoms with E-state index in [2.05, 4.69) is 20.9 Å². The molecule has 0 aromatic heterocycles. The molecule has 0 atom stereocenters. The number of hydrogen-bond donors (Lipinski definition) is 3. The molecule has 8 heteroatoms. The predicted molar refractivity (Wildman–Crippen MR) is 123 cm³/mol. The number of hydrogen-bond acceptors (Lipinski definition) is 3. The van der Waals surface area contributed by atoms with Gasteiger partial charge in [0.1, 0.15) is 6.54 Å². The molecule has 156 valence electrons. The van der Waals surface area contributed by atoms with E-state index in [0.717, 1.165) is 44.5 Å². The zero-order valence-corrected chi connectivity index (χ0v) is 19.1. The number of guanidine groups is 1. The molecule has 28 heavy (non-hydrogen) atoms. The summed E-state index contributed by atoms with van der Waals surface area (Å²) < 4.78 is 0. The summed E-state index contributed by atoms with van der Waals surface area (Å²) in [5.74, 6) is 0.645. The maximum Gasteiger partial charge on any atom is 0.251 e. The SMILES string of the molecule is CCNC(=NCC(=O)N1CCCCC1)NCCc1cccc(C(=O)NC)c1.I. The van der Waals surface area contributed by atoms with E-state index in [4.69, 9.17) is 0 Å². The summed E-state index contributed by atoms with van der Waals surface area (Å²) in [6.07, 6.45) is 4.14. The summed E-state index contributed by atoms with van der Waals surface area (Å²) in [4.78, 5) is 30.3. The molecular weight excluding hydrogens is 469 g/mol. The van der Waals surface area contributed by atoms with Crippen molar-refractivity contribution in [2.45, 2.75) is 32.6 Å². The summed E-state index contributed by atoms with van der Waals surface area (Å²) in [7, 11) is 1.63. The Morgan fingerprint density at radius 3 is 2.57 bits per heavy atom. The fraction of sp³-hybridized carbons (Fsp3) is 0.550. The van der Waals surface area contributed by atoms with Crippen molar-refractivity contribution in [1.82, 2.24) is 20.9 Å². The van der Waals surface area contributed by atoms with Crippen molar-refractivity contribution in [3.8, 4) is 0 Å². The van der Waals surface area contributed by atoms with Crippen LogP contribution in [0.1, 0.15) is 42.1 Å². The maximum absolute atomic E-state index is 12.3. The van der Waals surface area contributed by atoms with Crippen LogP contribution in [0, 0.1) is 0 Å². The molecule has 0 spiro atoms. The van der Waals surface area contributed by atoms with Crippen LogP contribution in [0.5, 0.6) is 0 Å². The molecule has 1 fully saturated rings. The minimum absolute atomic E-state index is 0. The molecular formula is C20H32IN5O2. The fourth-order valence-corrected chi connectivity index (χ4v) is 3.07. The van der Waals surface area contributed by atoms with Crippen LogP contribution < -0.4 is 16.0 Å². The second-order valence-corrected chi connectivity index (χ2v) is 6.59. The lowest BCUT2D eigenvalue weighted by Crippen LogP contribution is -2.41. The van der Waals surface area contributed by atoms with Crippen LogP contribution in [0.2, 0.25) is 0 Å². The van der Waals surface area contributed by atoms with Crippen LogP contribution in [0.3, 0.4) is 0 Å². The first kappa shape index (κ1) is 24.2. The first-order valence-electron chi connectivity index (χ1n) is 9.75. The monoisotopic (exact) mass is 501 g/mol. The Morgan fingerprint density at radius 2 is 1.89 bits per heavy atom. The van der Waals surface area contributed by atoms with Gasteiger partial charge in [-0.25, -0.2) is 4.99 Å². The smallest absolute Gasteiger partial charge is 0.251 e. The quantitative estimate of drug-likeness (QED) is 0.302. The first-order valence-corrected chi connectivity index (χ1v) is 9.75. The van der Waals surface area contributed by atoms with Crippen molar-refractivity contribution in [3.05, 3.63) is 35.4 Å². The molecule has 0 bridgehead atoms. The number of rotatable bonds is 7. The molecule has 2 rings (SSSR count). The third-order valence-corrected chi connectivity index (χ3v) is 4.55. The fourth-order valence-electron chi connectivity index (χ4n) is 3.07. The van der Waals surface area contributed by atoms with Crippen LogP contribution in [0.15, 0.2) is 29.3 Å². The minimum atomic E-state index is -0.0871. The highest BCUT2D eigenvalue weighted by Gasteiger charge is 2.15. The molecule has 1 aromatic rings. The van der Waals surface area contributed by atoms with Gasteiger partial charge >= 0.3 is 0 Å². The molecule has 1 aromatic carbocycles. The molecule has 0 unspecified atom stereocenters. The van der Waals surface area contributed by atoms with E-state index in [1.807, 2.05) is 30.0 Å². The predicted octanol–water partition coefficient (Wildman–Crippen LogP) is 1.77. The highest BCUT2D eigenvalue weighted by Crippen LogP contribution is 2.08. The van der Waals surface area contributed by atoms with Crippen molar-refractivity contribution in [2.75, 3.05) is 39.8 Å². The molecule has 0 aliphatic carbocycles. The average molecular weight is 501 g/mol. The number of amides is 2. The van der Waals surface area contributed by atoms with E-state index in [1.54, 1.807) is 13.1 Å². The lowest BCUT2D eigenvalue weighted by molar-refractivity contribution is -0.130. The van der Waals surface area contributed by atoms with E-state index in [-0.39, 0.29) is 42.3 Å². The van der Waals surface area contributed by atoms with Gasteiger partial charge in [-0.1, -0.05) is 12.1 Å². The highest BCUT2D eigenvalue weighted by atomic mass is 127. The van der Waals surface area contributed by atoms with Crippen LogP contribution in [0.4, 0.5) is 0 Å². The van der Waals surface area contributed by atoms with Gasteiger partial charge in [0.25, 0.3) is 5.91 Å². The van der Waals surface area contributed by atoms with Gasteiger partial charge in [-0.05, 0) is 50.3 Å². The van der Waals surface area contributed by atoms with E-state index >= 15 is 0 Å². The number of likely N-dealkylation sites (tertiary alicyclic amines) is 1. The van der Waals surface area contributed by atoms with Gasteiger partial charge in [-0.2, -0.15) is 0 Å². The Labute approximate surface area is 184 Å². The highest BCUT2D eigenvalue weighted by molar-refractivity contribution is 14.0. The van der Waals surface area contributed by atoms with Crippen molar-refractivity contribution < 1.29 is 9.59 Å². The van der Waals surface area contributed by atoms with E-state index in [0.29, 0.717) is 18.1 Å². The Bertz CT molecular complexity index is 660. The standard InChI is InChI=1S/C20H31N5O2.HI/c1-3-22-20(24-15-18(26)25-12-5-4-6-13-25)23-11-10-16-8-7-9-17(14-16)19(27)21-2;/h7-9,14H,3-6,10-13,15H2,1-2H3,(H,21,27)(H2,22,23,24);1H. The van der Waals surface area contributed by atoms with Gasteiger partial charge in [0.15, 0.2) is 5.96 Å². The average Bonchev–Trinajstić information content (AvgIpc) is 2.72. The van der Waals surface area contributed by atoms with E-state index in [9.17, 15) is 9.59 Å². The molecule has 3 N–H and O–H groups in total. The normalized spacial score (nSPS) is 14.1. The van der Waals surface area contributed by atoms with Gasteiger partial charge in [-0.3, -0.25) is 9.59 Å². The molecule has 1 heterocycles. The largest absolute Gasteiger partial charge is 0.357 e. The number of aliphatic imine (C=N–C) groups is 1. The summed E-state index contributed by atoms with van der Waals surface area (Å²) in [6, 6.07) is 7.58. The Kier molecular flexibility index (Phi) is 11.5. The van der Waals surface area contributed by atoms with Gasteiger partial charge in [0.05, 0.1) is 0 Å². The maximum atomic E-state index is 12.3. The topological polar surface area (TPSA) is 85.8 Å². The zero-order valence-electron chi connectivity index (χ0n) is 16.8. The van der Waals surface area contributed by atoms with Crippen LogP contribution in [0.25, 0.3) is 0 Å². The first-order chi connectivity index (χ1) is 13.1. The molecule has 1 saturated heterocycles. The van der Waals surface area contributed by atoms with Crippen LogP contribution >= 0.6 is 24.0 Å². The number of carbonyl (C=O) groups is 2. The minimum Gasteiger partial charge on any atom is -0.357 e. The molecule has 1 aliphatic rings. The summed E-state index contributed by atoms with van der Waals surface area (Å²) in [6.45, 7) is 5.26. The zero-order chi connectivity index (χ0) is 19.5. The number of halogens is 1. The second-order valence-electron chi connectivity index (χ2n) is 6.59. The lowest BCUT2D eigenvalue weighted by Gasteiger charge is -2.26. The van der Waals surface area contributed by atoms with Crippen molar-refractivity contribution in [1.29, 1.82) is 0 Å². The number of carbonyl (C=O) groups excluding carboxylic acids is 2. The Morgan fingerprint density at radius 1 is 1.14 bits per heavy atom. The Hall–Kier alpha value is -1.84. The number of benzene rings is 1. The molecule has 7 nitrogen and oxygen atoms in total. The van der Waals surface area contributed by atoms with Gasteiger partial charge in [0.2, 0.25) is 5.91 Å². The van der Waals surface area contributed by atoms with Gasteiger partial charge in [0, 0.05) is 38.8 Å². The van der Waals surface area contributed by atoms with Crippen molar-refractivity contribution in [3.63, 3.8) is 0 Å². The van der Waals surface area contributed by atoms with E-state index < -0.39 is 0 Å². The van der Waals surface area contributed by atoms with Crippen molar-refractivity contribution in [2.24, 2.45) is 4.99 Å². The number of nitrogens with zero attached hydrogens (tertiary/aromatic N) is 2. The van der Waals surface area contributed by atoms with Crippen molar-refractivity contribution >= 4 is 41.8 Å².